The summed E-state index contributed by atoms with van der Waals surface area (Å²) in [5, 5.41) is 1.02. The third-order valence-electron chi connectivity index (χ3n) is 3.60. The largest absolute Gasteiger partial charge is 0.494 e. The van der Waals surface area contributed by atoms with Crippen LogP contribution in [-0.4, -0.2) is 35.4 Å². The predicted molar refractivity (Wildman–Crippen MR) is 92.0 cm³/mol. The third-order valence-corrected chi connectivity index (χ3v) is 4.16. The number of ether oxygens (including phenoxy) is 2. The molecule has 25 heavy (non-hydrogen) atoms. The van der Waals surface area contributed by atoms with Gasteiger partial charge in [0, 0.05) is 23.2 Å². The van der Waals surface area contributed by atoms with Crippen LogP contribution in [0.15, 0.2) is 23.5 Å². The lowest BCUT2D eigenvalue weighted by molar-refractivity contribution is 0.360. The van der Waals surface area contributed by atoms with E-state index in [1.54, 1.807) is 0 Å². The van der Waals surface area contributed by atoms with Crippen LogP contribution in [0.3, 0.4) is 0 Å². The van der Waals surface area contributed by atoms with Gasteiger partial charge >= 0.3 is 0 Å². The van der Waals surface area contributed by atoms with Gasteiger partial charge in [-0.3, -0.25) is 0 Å². The van der Waals surface area contributed by atoms with Gasteiger partial charge in [-0.2, -0.15) is 0 Å². The highest BCUT2D eigenvalue weighted by molar-refractivity contribution is 7.98. The predicted octanol–water partition coefficient (Wildman–Crippen LogP) is 3.29. The average molecular weight is 364 g/mol. The second-order valence-corrected chi connectivity index (χ2v) is 5.75. The number of nitrogens with two attached hydrogens (primary N) is 1. The Bertz CT molecular complexity index is 941. The first kappa shape index (κ1) is 17.2. The number of methoxy groups -OCH3 is 2. The molecule has 2 N–H and O–H groups in total. The number of nitrogens with zero attached hydrogens (tertiary/aromatic N) is 3. The van der Waals surface area contributed by atoms with E-state index in [4.69, 9.17) is 15.2 Å². The minimum Gasteiger partial charge on any atom is -0.494 e. The zero-order chi connectivity index (χ0) is 18.1. The van der Waals surface area contributed by atoms with Gasteiger partial charge < -0.3 is 15.2 Å². The summed E-state index contributed by atoms with van der Waals surface area (Å²) in [6.45, 7) is 0. The molecule has 3 aromatic rings. The van der Waals surface area contributed by atoms with E-state index in [1.807, 2.05) is 6.26 Å². The van der Waals surface area contributed by atoms with Gasteiger partial charge in [-0.15, -0.1) is 0 Å². The van der Waals surface area contributed by atoms with Crippen molar-refractivity contribution in [2.45, 2.75) is 5.16 Å². The van der Waals surface area contributed by atoms with Crippen LogP contribution in [0.2, 0.25) is 0 Å². The minimum atomic E-state index is -0.893. The second-order valence-electron chi connectivity index (χ2n) is 4.97. The molecule has 1 aromatic carbocycles. The van der Waals surface area contributed by atoms with E-state index in [0.29, 0.717) is 16.2 Å². The number of halogens is 2. The molecular formula is C16H14F2N4O2S. The van der Waals surface area contributed by atoms with Gasteiger partial charge in [0.2, 0.25) is 0 Å². The van der Waals surface area contributed by atoms with Crippen molar-refractivity contribution in [3.63, 3.8) is 0 Å². The van der Waals surface area contributed by atoms with Gasteiger partial charge in [0.1, 0.15) is 5.82 Å². The van der Waals surface area contributed by atoms with E-state index >= 15 is 0 Å². The van der Waals surface area contributed by atoms with Gasteiger partial charge in [-0.1, -0.05) is 11.8 Å². The Balaban J connectivity index is 2.31. The molecule has 0 spiro atoms. The quantitative estimate of drug-likeness (QED) is 0.562. The summed E-state index contributed by atoms with van der Waals surface area (Å²) in [5.74, 6) is -2.18. The lowest BCUT2D eigenvalue weighted by Gasteiger charge is -2.14. The molecule has 0 saturated carbocycles. The molecule has 0 unspecified atom stereocenters. The van der Waals surface area contributed by atoms with E-state index < -0.39 is 11.6 Å². The smallest absolute Gasteiger partial charge is 0.189 e. The van der Waals surface area contributed by atoms with Gasteiger partial charge in [0.05, 0.1) is 19.8 Å². The number of thioether (sulfide) groups is 1. The van der Waals surface area contributed by atoms with Crippen molar-refractivity contribution in [3.8, 4) is 22.6 Å². The first-order valence-corrected chi connectivity index (χ1v) is 8.30. The van der Waals surface area contributed by atoms with E-state index in [-0.39, 0.29) is 28.4 Å². The fraction of sp³-hybridized carbons (Fsp3) is 0.188. The molecule has 2 heterocycles. The maximum absolute atomic E-state index is 14.7. The molecule has 130 valence electrons. The molecule has 0 aliphatic carbocycles. The summed E-state index contributed by atoms with van der Waals surface area (Å²) >= 11 is 1.35. The van der Waals surface area contributed by atoms with Crippen molar-refractivity contribution in [2.75, 3.05) is 26.2 Å². The lowest BCUT2D eigenvalue weighted by Crippen LogP contribution is -2.03. The Labute approximate surface area is 146 Å². The molecule has 0 fully saturated rings. The first-order valence-electron chi connectivity index (χ1n) is 7.07. The molecule has 0 aliphatic rings. The van der Waals surface area contributed by atoms with E-state index in [9.17, 15) is 8.78 Å². The topological polar surface area (TPSA) is 83.2 Å². The summed E-state index contributed by atoms with van der Waals surface area (Å²) < 4.78 is 39.3. The maximum Gasteiger partial charge on any atom is 0.189 e. The Morgan fingerprint density at radius 1 is 1.04 bits per heavy atom. The zero-order valence-corrected chi connectivity index (χ0v) is 14.4. The summed E-state index contributed by atoms with van der Waals surface area (Å²) in [5.41, 5.74) is 5.97. The van der Waals surface area contributed by atoms with Gasteiger partial charge in [0.25, 0.3) is 0 Å². The molecule has 2 aromatic heterocycles. The Hall–Kier alpha value is -2.68. The molecule has 0 radical (unpaired) electrons. The highest BCUT2D eigenvalue weighted by atomic mass is 32.2. The normalized spacial score (nSPS) is 10.9. The van der Waals surface area contributed by atoms with E-state index in [0.717, 1.165) is 6.07 Å². The van der Waals surface area contributed by atoms with Crippen molar-refractivity contribution in [1.29, 1.82) is 0 Å². The molecule has 0 aliphatic heterocycles. The SMILES string of the molecule is COc1cc(OC)c(F)c(-c2cc3cnc(SC)nc3nc2N)c1F. The molecular weight excluding hydrogens is 350 g/mol. The number of rotatable bonds is 4. The van der Waals surface area contributed by atoms with Crippen molar-refractivity contribution >= 4 is 28.6 Å². The molecule has 9 heteroatoms. The number of benzene rings is 1. The summed E-state index contributed by atoms with van der Waals surface area (Å²) in [6.07, 6.45) is 3.35. The summed E-state index contributed by atoms with van der Waals surface area (Å²) in [7, 11) is 2.55. The summed E-state index contributed by atoms with van der Waals surface area (Å²) in [6, 6.07) is 2.62. The number of anilines is 1. The molecule has 6 nitrogen and oxygen atoms in total. The van der Waals surface area contributed by atoms with Crippen LogP contribution in [0.5, 0.6) is 11.5 Å². The highest BCUT2D eigenvalue weighted by Gasteiger charge is 2.24. The van der Waals surface area contributed by atoms with Crippen LogP contribution in [0.1, 0.15) is 0 Å². The van der Waals surface area contributed by atoms with Crippen LogP contribution in [0.4, 0.5) is 14.6 Å². The molecule has 0 bridgehead atoms. The van der Waals surface area contributed by atoms with Crippen LogP contribution in [-0.2, 0) is 0 Å². The van der Waals surface area contributed by atoms with Gasteiger partial charge in [-0.25, -0.2) is 23.7 Å². The minimum absolute atomic E-state index is 0.0636. The standard InChI is InChI=1S/C16H14F2N4O2S/c1-23-9-5-10(24-2)13(18)11(12(9)17)8-4-7-6-20-16(25-3)22-15(7)21-14(8)19/h4-6H,1-3H3,(H2,19,20,21,22). The number of aromatic nitrogens is 3. The number of hydrogen-bond acceptors (Lipinski definition) is 7. The van der Waals surface area contributed by atoms with Gasteiger partial charge in [0.15, 0.2) is 33.9 Å². The Morgan fingerprint density at radius 2 is 1.68 bits per heavy atom. The molecule has 0 saturated heterocycles. The van der Waals surface area contributed by atoms with Crippen molar-refractivity contribution in [2.24, 2.45) is 0 Å². The second kappa shape index (κ2) is 6.67. The number of fused-ring (bicyclic) bond motifs is 1. The van der Waals surface area contributed by atoms with Gasteiger partial charge in [-0.05, 0) is 12.3 Å². The zero-order valence-electron chi connectivity index (χ0n) is 13.6. The van der Waals surface area contributed by atoms with Crippen LogP contribution in [0.25, 0.3) is 22.2 Å². The fourth-order valence-corrected chi connectivity index (χ4v) is 2.72. The summed E-state index contributed by atoms with van der Waals surface area (Å²) in [4.78, 5) is 12.5. The maximum atomic E-state index is 14.7. The van der Waals surface area contributed by atoms with Crippen LogP contribution in [0, 0.1) is 11.6 Å². The fourth-order valence-electron chi connectivity index (χ4n) is 2.38. The van der Waals surface area contributed by atoms with Crippen molar-refractivity contribution in [1.82, 2.24) is 15.0 Å². The van der Waals surface area contributed by atoms with E-state index in [2.05, 4.69) is 15.0 Å². The third kappa shape index (κ3) is 2.91. The highest BCUT2D eigenvalue weighted by Crippen LogP contribution is 2.40. The Morgan fingerprint density at radius 3 is 2.24 bits per heavy atom. The Kier molecular flexibility index (Phi) is 4.58. The number of hydrogen-bond donors (Lipinski definition) is 1. The monoisotopic (exact) mass is 364 g/mol. The molecule has 3 rings (SSSR count). The van der Waals surface area contributed by atoms with Crippen LogP contribution >= 0.6 is 11.8 Å². The van der Waals surface area contributed by atoms with Crippen molar-refractivity contribution < 1.29 is 18.3 Å². The average Bonchev–Trinajstić information content (AvgIpc) is 2.62. The van der Waals surface area contributed by atoms with Crippen molar-refractivity contribution in [3.05, 3.63) is 30.0 Å². The number of pyridine rings is 1. The lowest BCUT2D eigenvalue weighted by atomic mass is 10.0. The van der Waals surface area contributed by atoms with Crippen LogP contribution < -0.4 is 15.2 Å². The molecule has 0 amide bonds. The van der Waals surface area contributed by atoms with E-state index in [1.165, 1.54) is 38.2 Å². The molecule has 0 atom stereocenters. The first-order chi connectivity index (χ1) is 12.0. The number of nitrogen functional groups attached to an aromatic ring is 1.